The van der Waals surface area contributed by atoms with Crippen molar-refractivity contribution in [3.63, 3.8) is 0 Å². The first-order chi connectivity index (χ1) is 9.20. The molecule has 1 amide bonds. The number of hydrogen-bond donors (Lipinski definition) is 1. The number of nitrogens with one attached hydrogen (secondary N) is 1. The average Bonchev–Trinajstić information content (AvgIpc) is 2.81. The Morgan fingerprint density at radius 1 is 1.47 bits per heavy atom. The second-order valence-electron chi connectivity index (χ2n) is 5.10. The Morgan fingerprint density at radius 2 is 2.32 bits per heavy atom. The van der Waals surface area contributed by atoms with E-state index < -0.39 is 0 Å². The topological polar surface area (TPSA) is 46.9 Å². The van der Waals surface area contributed by atoms with E-state index in [0.29, 0.717) is 12.2 Å². The SMILES string of the molecule is CCn1nc(C(=O)NCCC2=CCCCC2)cc1C. The third-order valence-corrected chi connectivity index (χ3v) is 3.63. The van der Waals surface area contributed by atoms with Crippen molar-refractivity contribution in [3.05, 3.63) is 29.1 Å². The van der Waals surface area contributed by atoms with Crippen LogP contribution in [0.25, 0.3) is 0 Å². The number of amides is 1. The molecule has 2 rings (SSSR count). The van der Waals surface area contributed by atoms with E-state index in [0.717, 1.165) is 18.7 Å². The zero-order valence-electron chi connectivity index (χ0n) is 11.9. The molecule has 1 N–H and O–H groups in total. The predicted octanol–water partition coefficient (Wildman–Crippen LogP) is 2.83. The number of aromatic nitrogens is 2. The van der Waals surface area contributed by atoms with E-state index in [-0.39, 0.29) is 5.91 Å². The molecule has 0 aliphatic heterocycles. The largest absolute Gasteiger partial charge is 0.350 e. The van der Waals surface area contributed by atoms with Gasteiger partial charge in [0.25, 0.3) is 5.91 Å². The van der Waals surface area contributed by atoms with Crippen LogP contribution < -0.4 is 5.32 Å². The number of allylic oxidation sites excluding steroid dienone is 1. The summed E-state index contributed by atoms with van der Waals surface area (Å²) in [4.78, 5) is 12.0. The maximum Gasteiger partial charge on any atom is 0.271 e. The zero-order chi connectivity index (χ0) is 13.7. The molecular formula is C15H23N3O. The fourth-order valence-electron chi connectivity index (χ4n) is 2.50. The summed E-state index contributed by atoms with van der Waals surface area (Å²) in [7, 11) is 0. The highest BCUT2D eigenvalue weighted by atomic mass is 16.1. The van der Waals surface area contributed by atoms with Crippen molar-refractivity contribution >= 4 is 5.91 Å². The molecule has 1 aromatic heterocycles. The molecule has 1 aliphatic rings. The summed E-state index contributed by atoms with van der Waals surface area (Å²) in [6, 6.07) is 1.85. The molecule has 0 atom stereocenters. The van der Waals surface area contributed by atoms with E-state index >= 15 is 0 Å². The first-order valence-corrected chi connectivity index (χ1v) is 7.21. The van der Waals surface area contributed by atoms with Gasteiger partial charge in [-0.2, -0.15) is 5.10 Å². The Bertz CT molecular complexity index is 474. The van der Waals surface area contributed by atoms with Crippen molar-refractivity contribution in [2.45, 2.75) is 52.5 Å². The highest BCUT2D eigenvalue weighted by Gasteiger charge is 2.11. The molecule has 0 saturated carbocycles. The normalized spacial score (nSPS) is 15.2. The van der Waals surface area contributed by atoms with Crippen LogP contribution in [0.2, 0.25) is 0 Å². The van der Waals surface area contributed by atoms with Gasteiger partial charge in [0.1, 0.15) is 5.69 Å². The third-order valence-electron chi connectivity index (χ3n) is 3.63. The van der Waals surface area contributed by atoms with Gasteiger partial charge in [0.2, 0.25) is 0 Å². The fraction of sp³-hybridized carbons (Fsp3) is 0.600. The van der Waals surface area contributed by atoms with Crippen LogP contribution in [0.3, 0.4) is 0 Å². The average molecular weight is 261 g/mol. The molecular weight excluding hydrogens is 238 g/mol. The molecule has 0 bridgehead atoms. The summed E-state index contributed by atoms with van der Waals surface area (Å²) in [5.74, 6) is -0.0632. The van der Waals surface area contributed by atoms with E-state index in [1.54, 1.807) is 0 Å². The lowest BCUT2D eigenvalue weighted by Crippen LogP contribution is -2.25. The summed E-state index contributed by atoms with van der Waals surface area (Å²) < 4.78 is 1.85. The Balaban J connectivity index is 1.82. The van der Waals surface area contributed by atoms with Crippen LogP contribution in [0.4, 0.5) is 0 Å². The monoisotopic (exact) mass is 261 g/mol. The molecule has 4 nitrogen and oxygen atoms in total. The first kappa shape index (κ1) is 13.8. The zero-order valence-corrected chi connectivity index (χ0v) is 11.9. The molecule has 19 heavy (non-hydrogen) atoms. The number of carbonyl (C=O) groups excluding carboxylic acids is 1. The smallest absolute Gasteiger partial charge is 0.271 e. The molecule has 1 heterocycles. The lowest BCUT2D eigenvalue weighted by molar-refractivity contribution is 0.0948. The third kappa shape index (κ3) is 3.69. The number of rotatable bonds is 5. The van der Waals surface area contributed by atoms with Crippen molar-refractivity contribution in [3.8, 4) is 0 Å². The highest BCUT2D eigenvalue weighted by Crippen LogP contribution is 2.19. The quantitative estimate of drug-likeness (QED) is 0.828. The molecule has 0 saturated heterocycles. The Hall–Kier alpha value is -1.58. The number of carbonyl (C=O) groups is 1. The van der Waals surface area contributed by atoms with Gasteiger partial charge in [-0.25, -0.2) is 0 Å². The molecule has 0 fully saturated rings. The van der Waals surface area contributed by atoms with Crippen LogP contribution in [0.5, 0.6) is 0 Å². The minimum absolute atomic E-state index is 0.0632. The number of aryl methyl sites for hydroxylation is 2. The minimum Gasteiger partial charge on any atom is -0.350 e. The van der Waals surface area contributed by atoms with Crippen LogP contribution in [0.1, 0.15) is 55.2 Å². The lowest BCUT2D eigenvalue weighted by atomic mass is 9.97. The van der Waals surface area contributed by atoms with Crippen molar-refractivity contribution in [2.24, 2.45) is 0 Å². The predicted molar refractivity (Wildman–Crippen MR) is 76.1 cm³/mol. The molecule has 0 aromatic carbocycles. The second-order valence-corrected chi connectivity index (χ2v) is 5.10. The first-order valence-electron chi connectivity index (χ1n) is 7.21. The molecule has 1 aromatic rings. The Labute approximate surface area is 114 Å². The standard InChI is InChI=1S/C15H23N3O/c1-3-18-12(2)11-14(17-18)15(19)16-10-9-13-7-5-4-6-8-13/h7,11H,3-6,8-10H2,1-2H3,(H,16,19). The molecule has 0 spiro atoms. The van der Waals surface area contributed by atoms with E-state index in [2.05, 4.69) is 16.5 Å². The molecule has 4 heteroatoms. The number of hydrogen-bond acceptors (Lipinski definition) is 2. The summed E-state index contributed by atoms with van der Waals surface area (Å²) in [6.45, 7) is 5.51. The van der Waals surface area contributed by atoms with Gasteiger partial charge in [0, 0.05) is 18.8 Å². The van der Waals surface area contributed by atoms with Gasteiger partial charge < -0.3 is 5.32 Å². The van der Waals surface area contributed by atoms with E-state index in [1.807, 2.05) is 24.6 Å². The second kappa shape index (κ2) is 6.55. The van der Waals surface area contributed by atoms with Crippen molar-refractivity contribution < 1.29 is 4.79 Å². The van der Waals surface area contributed by atoms with Gasteiger partial charge in [-0.05, 0) is 52.0 Å². The van der Waals surface area contributed by atoms with Gasteiger partial charge in [-0.1, -0.05) is 11.6 Å². The minimum atomic E-state index is -0.0632. The van der Waals surface area contributed by atoms with Crippen LogP contribution in [0, 0.1) is 6.92 Å². The fourth-order valence-corrected chi connectivity index (χ4v) is 2.50. The van der Waals surface area contributed by atoms with Crippen LogP contribution in [0.15, 0.2) is 17.7 Å². The van der Waals surface area contributed by atoms with Crippen LogP contribution in [-0.2, 0) is 6.54 Å². The van der Waals surface area contributed by atoms with Gasteiger partial charge >= 0.3 is 0 Å². The van der Waals surface area contributed by atoms with Crippen molar-refractivity contribution in [2.75, 3.05) is 6.54 Å². The van der Waals surface area contributed by atoms with Crippen molar-refractivity contribution in [1.82, 2.24) is 15.1 Å². The Morgan fingerprint density at radius 3 is 2.95 bits per heavy atom. The molecule has 104 valence electrons. The van der Waals surface area contributed by atoms with Crippen LogP contribution in [-0.4, -0.2) is 22.2 Å². The van der Waals surface area contributed by atoms with Crippen LogP contribution >= 0.6 is 0 Å². The van der Waals surface area contributed by atoms with Crippen molar-refractivity contribution in [1.29, 1.82) is 0 Å². The lowest BCUT2D eigenvalue weighted by Gasteiger charge is -2.12. The summed E-state index contributed by atoms with van der Waals surface area (Å²) >= 11 is 0. The summed E-state index contributed by atoms with van der Waals surface area (Å²) in [6.07, 6.45) is 8.29. The summed E-state index contributed by atoms with van der Waals surface area (Å²) in [5, 5.41) is 7.24. The number of nitrogens with zero attached hydrogens (tertiary/aromatic N) is 2. The molecule has 0 unspecified atom stereocenters. The van der Waals surface area contributed by atoms with Gasteiger partial charge in [-0.3, -0.25) is 9.48 Å². The Kier molecular flexibility index (Phi) is 4.77. The molecule has 1 aliphatic carbocycles. The molecule has 0 radical (unpaired) electrons. The van der Waals surface area contributed by atoms with Gasteiger partial charge in [0.15, 0.2) is 0 Å². The van der Waals surface area contributed by atoms with E-state index in [1.165, 1.54) is 31.3 Å². The highest BCUT2D eigenvalue weighted by molar-refractivity contribution is 5.92. The van der Waals surface area contributed by atoms with E-state index in [9.17, 15) is 4.79 Å². The summed E-state index contributed by atoms with van der Waals surface area (Å²) in [5.41, 5.74) is 3.04. The maximum atomic E-state index is 12.0. The van der Waals surface area contributed by atoms with E-state index in [4.69, 9.17) is 0 Å². The van der Waals surface area contributed by atoms with Gasteiger partial charge in [0.05, 0.1) is 0 Å². The van der Waals surface area contributed by atoms with Gasteiger partial charge in [-0.15, -0.1) is 0 Å². The maximum absolute atomic E-state index is 12.0.